The molecule has 0 aliphatic carbocycles. The number of thiocarbonyl (C=S) groups is 1. The Morgan fingerprint density at radius 3 is 2.45 bits per heavy atom. The molecule has 2 aromatic carbocycles. The van der Waals surface area contributed by atoms with Crippen LogP contribution in [0.25, 0.3) is 0 Å². The summed E-state index contributed by atoms with van der Waals surface area (Å²) in [5, 5.41) is 6.42. The van der Waals surface area contributed by atoms with E-state index in [2.05, 4.69) is 10.6 Å². The molecule has 0 heterocycles. The molecule has 0 radical (unpaired) electrons. The van der Waals surface area contributed by atoms with Crippen LogP contribution in [0, 0.1) is 12.7 Å². The smallest absolute Gasteiger partial charge is 0.175 e. The summed E-state index contributed by atoms with van der Waals surface area (Å²) in [4.78, 5) is 0. The zero-order chi connectivity index (χ0) is 16.1. The molecule has 116 valence electrons. The quantitative estimate of drug-likeness (QED) is 0.835. The minimum absolute atomic E-state index is 0.251. The van der Waals surface area contributed by atoms with Crippen LogP contribution in [-0.4, -0.2) is 19.3 Å². The number of rotatable bonds is 4. The second-order valence-corrected chi connectivity index (χ2v) is 5.02. The van der Waals surface area contributed by atoms with Gasteiger partial charge in [0.15, 0.2) is 5.11 Å². The standard InChI is InChI=1S/C16H17FN2O2S/c1-10-8-11(4-6-13(10)17)18-16(22)19-14-9-12(20-2)5-7-15(14)21-3/h4-9H,1-3H3,(H2,18,19,22). The van der Waals surface area contributed by atoms with Crippen molar-refractivity contribution in [2.45, 2.75) is 6.92 Å². The van der Waals surface area contributed by atoms with Crippen molar-refractivity contribution in [3.05, 3.63) is 47.8 Å². The van der Waals surface area contributed by atoms with Gasteiger partial charge in [0, 0.05) is 11.8 Å². The number of halogens is 1. The SMILES string of the molecule is COc1ccc(OC)c(NC(=S)Nc2ccc(F)c(C)c2)c1. The van der Waals surface area contributed by atoms with Gasteiger partial charge in [0.05, 0.1) is 19.9 Å². The van der Waals surface area contributed by atoms with E-state index in [1.165, 1.54) is 6.07 Å². The summed E-state index contributed by atoms with van der Waals surface area (Å²) in [5.74, 6) is 1.07. The molecular formula is C16H17FN2O2S. The zero-order valence-electron chi connectivity index (χ0n) is 12.6. The molecule has 0 saturated carbocycles. The van der Waals surface area contributed by atoms with Crippen molar-refractivity contribution >= 4 is 28.7 Å². The van der Waals surface area contributed by atoms with Crippen molar-refractivity contribution in [1.29, 1.82) is 0 Å². The number of hydrogen-bond acceptors (Lipinski definition) is 3. The molecule has 2 aromatic rings. The van der Waals surface area contributed by atoms with Crippen molar-refractivity contribution in [3.63, 3.8) is 0 Å². The Balaban J connectivity index is 2.12. The van der Waals surface area contributed by atoms with Gasteiger partial charge in [0.1, 0.15) is 17.3 Å². The maximum atomic E-state index is 13.3. The molecule has 0 spiro atoms. The summed E-state index contributed by atoms with van der Waals surface area (Å²) < 4.78 is 23.7. The molecule has 0 atom stereocenters. The fourth-order valence-corrected chi connectivity index (χ4v) is 2.15. The molecule has 0 unspecified atom stereocenters. The van der Waals surface area contributed by atoms with E-state index < -0.39 is 0 Å². The van der Waals surface area contributed by atoms with Gasteiger partial charge in [-0.3, -0.25) is 0 Å². The molecule has 2 rings (SSSR count). The van der Waals surface area contributed by atoms with Crippen LogP contribution in [0.3, 0.4) is 0 Å². The molecule has 22 heavy (non-hydrogen) atoms. The highest BCUT2D eigenvalue weighted by Gasteiger charge is 2.07. The van der Waals surface area contributed by atoms with Gasteiger partial charge in [0.2, 0.25) is 0 Å². The summed E-state index contributed by atoms with van der Waals surface area (Å²) >= 11 is 5.27. The summed E-state index contributed by atoms with van der Waals surface area (Å²) in [6.45, 7) is 1.70. The molecule has 2 N–H and O–H groups in total. The lowest BCUT2D eigenvalue weighted by Gasteiger charge is -2.14. The van der Waals surface area contributed by atoms with E-state index in [-0.39, 0.29) is 5.82 Å². The number of ether oxygens (including phenoxy) is 2. The van der Waals surface area contributed by atoms with E-state index in [4.69, 9.17) is 21.7 Å². The first-order chi connectivity index (χ1) is 10.5. The van der Waals surface area contributed by atoms with Crippen molar-refractivity contribution < 1.29 is 13.9 Å². The molecule has 0 saturated heterocycles. The summed E-state index contributed by atoms with van der Waals surface area (Å²) in [7, 11) is 3.16. The number of nitrogens with one attached hydrogen (secondary N) is 2. The maximum absolute atomic E-state index is 13.3. The molecule has 0 aliphatic rings. The maximum Gasteiger partial charge on any atom is 0.175 e. The van der Waals surface area contributed by atoms with Gasteiger partial charge in [-0.15, -0.1) is 0 Å². The molecule has 0 aliphatic heterocycles. The van der Waals surface area contributed by atoms with Crippen molar-refractivity contribution in [1.82, 2.24) is 0 Å². The van der Waals surface area contributed by atoms with Crippen LogP contribution >= 0.6 is 12.2 Å². The highest BCUT2D eigenvalue weighted by Crippen LogP contribution is 2.29. The number of anilines is 2. The van der Waals surface area contributed by atoms with E-state index in [0.717, 1.165) is 0 Å². The normalized spacial score (nSPS) is 10.0. The number of methoxy groups -OCH3 is 2. The van der Waals surface area contributed by atoms with Crippen LogP contribution in [-0.2, 0) is 0 Å². The Morgan fingerprint density at radius 2 is 1.82 bits per heavy atom. The van der Waals surface area contributed by atoms with Crippen molar-refractivity contribution in [2.24, 2.45) is 0 Å². The topological polar surface area (TPSA) is 42.5 Å². The minimum Gasteiger partial charge on any atom is -0.497 e. The predicted octanol–water partition coefficient (Wildman–Crippen LogP) is 3.96. The monoisotopic (exact) mass is 320 g/mol. The van der Waals surface area contributed by atoms with Gasteiger partial charge in [-0.1, -0.05) is 0 Å². The fraction of sp³-hybridized carbons (Fsp3) is 0.188. The molecule has 0 amide bonds. The second kappa shape index (κ2) is 7.09. The lowest BCUT2D eigenvalue weighted by Crippen LogP contribution is -2.19. The van der Waals surface area contributed by atoms with Gasteiger partial charge in [-0.05, 0) is 55.0 Å². The van der Waals surface area contributed by atoms with Gasteiger partial charge in [-0.25, -0.2) is 4.39 Å². The largest absolute Gasteiger partial charge is 0.497 e. The lowest BCUT2D eigenvalue weighted by atomic mass is 10.2. The van der Waals surface area contributed by atoms with Crippen LogP contribution in [0.2, 0.25) is 0 Å². The number of aryl methyl sites for hydroxylation is 1. The van der Waals surface area contributed by atoms with E-state index in [0.29, 0.717) is 33.5 Å². The Kier molecular flexibility index (Phi) is 5.16. The Labute approximate surface area is 134 Å². The van der Waals surface area contributed by atoms with E-state index in [9.17, 15) is 4.39 Å². The van der Waals surface area contributed by atoms with Crippen LogP contribution in [0.15, 0.2) is 36.4 Å². The average molecular weight is 320 g/mol. The highest BCUT2D eigenvalue weighted by atomic mass is 32.1. The predicted molar refractivity (Wildman–Crippen MR) is 90.5 cm³/mol. The first kappa shape index (κ1) is 16.0. The molecule has 0 fully saturated rings. The number of hydrogen-bond donors (Lipinski definition) is 2. The van der Waals surface area contributed by atoms with Gasteiger partial charge in [0.25, 0.3) is 0 Å². The molecule has 0 aromatic heterocycles. The van der Waals surface area contributed by atoms with Crippen molar-refractivity contribution in [2.75, 3.05) is 24.9 Å². The zero-order valence-corrected chi connectivity index (χ0v) is 13.4. The average Bonchev–Trinajstić information content (AvgIpc) is 2.50. The van der Waals surface area contributed by atoms with Crippen LogP contribution < -0.4 is 20.1 Å². The van der Waals surface area contributed by atoms with Crippen LogP contribution in [0.1, 0.15) is 5.56 Å². The first-order valence-electron chi connectivity index (χ1n) is 6.59. The van der Waals surface area contributed by atoms with Crippen LogP contribution in [0.5, 0.6) is 11.5 Å². The summed E-state index contributed by atoms with van der Waals surface area (Å²) in [6.07, 6.45) is 0. The number of benzene rings is 2. The van der Waals surface area contributed by atoms with Crippen molar-refractivity contribution in [3.8, 4) is 11.5 Å². The fourth-order valence-electron chi connectivity index (χ4n) is 1.92. The van der Waals surface area contributed by atoms with E-state index in [1.54, 1.807) is 51.5 Å². The van der Waals surface area contributed by atoms with Crippen LogP contribution in [0.4, 0.5) is 15.8 Å². The molecule has 6 heteroatoms. The Bertz CT molecular complexity index is 692. The third-order valence-electron chi connectivity index (χ3n) is 3.07. The highest BCUT2D eigenvalue weighted by molar-refractivity contribution is 7.80. The molecular weight excluding hydrogens is 303 g/mol. The summed E-state index contributed by atoms with van der Waals surface area (Å²) in [5.41, 5.74) is 1.93. The first-order valence-corrected chi connectivity index (χ1v) is 7.00. The van der Waals surface area contributed by atoms with E-state index in [1.807, 2.05) is 0 Å². The van der Waals surface area contributed by atoms with Gasteiger partial charge >= 0.3 is 0 Å². The third-order valence-corrected chi connectivity index (χ3v) is 3.27. The molecule has 4 nitrogen and oxygen atoms in total. The van der Waals surface area contributed by atoms with Gasteiger partial charge < -0.3 is 20.1 Å². The minimum atomic E-state index is -0.251. The second-order valence-electron chi connectivity index (χ2n) is 4.61. The lowest BCUT2D eigenvalue weighted by molar-refractivity contribution is 0.405. The molecule has 0 bridgehead atoms. The third kappa shape index (κ3) is 3.85. The van der Waals surface area contributed by atoms with E-state index >= 15 is 0 Å². The Morgan fingerprint density at radius 1 is 1.05 bits per heavy atom. The summed E-state index contributed by atoms with van der Waals surface area (Å²) in [6, 6.07) is 10.1. The van der Waals surface area contributed by atoms with Gasteiger partial charge in [-0.2, -0.15) is 0 Å². The Hall–Kier alpha value is -2.34.